The van der Waals surface area contributed by atoms with E-state index in [9.17, 15) is 28.8 Å². The van der Waals surface area contributed by atoms with Gasteiger partial charge in [-0.15, -0.1) is 0 Å². The van der Waals surface area contributed by atoms with Crippen LogP contribution >= 0.6 is 0 Å². The maximum Gasteiger partial charge on any atom is 0.311 e. The van der Waals surface area contributed by atoms with Crippen molar-refractivity contribution in [3.63, 3.8) is 0 Å². The number of piperidine rings is 1. The third-order valence-electron chi connectivity index (χ3n) is 4.73. The number of aliphatic carboxylic acids is 1. The molecule has 1 aromatic rings. The summed E-state index contributed by atoms with van der Waals surface area (Å²) in [6.45, 7) is 2.00. The predicted octanol–water partition coefficient (Wildman–Crippen LogP) is 0.223. The van der Waals surface area contributed by atoms with Gasteiger partial charge in [-0.05, 0) is 5.56 Å². The Bertz CT molecular complexity index is 774. The first-order chi connectivity index (χ1) is 16.4. The van der Waals surface area contributed by atoms with E-state index in [2.05, 4.69) is 38.6 Å². The zero-order valence-electron chi connectivity index (χ0n) is 18.7. The summed E-state index contributed by atoms with van der Waals surface area (Å²) in [6.07, 6.45) is 1.91. The van der Waals surface area contributed by atoms with Crippen molar-refractivity contribution in [2.45, 2.75) is 37.9 Å². The Morgan fingerprint density at radius 3 is 2.12 bits per heavy atom. The number of carbonyl (C=O) groups excluding carboxylic acids is 5. The number of carbonyl (C=O) groups is 6. The molecule has 186 valence electrons. The first-order valence-corrected chi connectivity index (χ1v) is 10.5. The topological polar surface area (TPSA) is 154 Å². The van der Waals surface area contributed by atoms with Crippen molar-refractivity contribution >= 4 is 36.6 Å². The molecule has 2 aliphatic heterocycles. The number of carboxylic acids is 1. The summed E-state index contributed by atoms with van der Waals surface area (Å²) in [4.78, 5) is 62.5. The van der Waals surface area contributed by atoms with Crippen LogP contribution in [0.3, 0.4) is 0 Å². The van der Waals surface area contributed by atoms with Gasteiger partial charge in [-0.2, -0.15) is 0 Å². The van der Waals surface area contributed by atoms with Gasteiger partial charge in [0.25, 0.3) is 6.47 Å². The quantitative estimate of drug-likeness (QED) is 0.263. The van der Waals surface area contributed by atoms with Gasteiger partial charge < -0.3 is 28.9 Å². The molecule has 2 fully saturated rings. The maximum absolute atomic E-state index is 11.6. The van der Waals surface area contributed by atoms with E-state index in [0.29, 0.717) is 44.4 Å². The molecule has 0 saturated carbocycles. The molecule has 1 N–H and O–H groups in total. The van der Waals surface area contributed by atoms with Gasteiger partial charge in [0.2, 0.25) is 0 Å². The second kappa shape index (κ2) is 17.2. The number of ketones is 2. The number of ether oxygens (including phenoxy) is 3. The van der Waals surface area contributed by atoms with E-state index in [1.54, 1.807) is 0 Å². The average Bonchev–Trinajstić information content (AvgIpc) is 2.80. The Balaban J connectivity index is 0.000000292. The van der Waals surface area contributed by atoms with Crippen LogP contribution in [0.5, 0.6) is 0 Å². The summed E-state index contributed by atoms with van der Waals surface area (Å²) in [5, 5.41) is 8.02. The lowest BCUT2D eigenvalue weighted by Crippen LogP contribution is -2.56. The molecule has 11 nitrogen and oxygen atoms in total. The number of fused-ring (bicyclic) bond motifs is 2. The monoisotopic (exact) mass is 479 g/mol. The summed E-state index contributed by atoms with van der Waals surface area (Å²) >= 11 is 0. The highest BCUT2D eigenvalue weighted by Crippen LogP contribution is 2.27. The number of carboxylic acid groups (broad SMARTS) is 1. The lowest BCUT2D eigenvalue weighted by molar-refractivity contribution is -0.144. The van der Waals surface area contributed by atoms with Crippen molar-refractivity contribution in [2.75, 3.05) is 33.0 Å². The Labute approximate surface area is 196 Å². The fourth-order valence-electron chi connectivity index (χ4n) is 3.35. The summed E-state index contributed by atoms with van der Waals surface area (Å²) in [5.41, 5.74) is 1.32. The summed E-state index contributed by atoms with van der Waals surface area (Å²) in [6, 6.07) is 11.0. The average molecular weight is 479 g/mol. The second-order valence-corrected chi connectivity index (χ2v) is 7.34. The number of morpholine rings is 1. The largest absolute Gasteiger partial charge is 0.481 e. The van der Waals surface area contributed by atoms with Gasteiger partial charge in [-0.1, -0.05) is 30.3 Å². The maximum atomic E-state index is 11.6. The lowest BCUT2D eigenvalue weighted by atomic mass is 9.92. The summed E-state index contributed by atoms with van der Waals surface area (Å²) in [5.74, 6) is -1.45. The van der Waals surface area contributed by atoms with E-state index in [1.165, 1.54) is 5.56 Å². The van der Waals surface area contributed by atoms with Crippen molar-refractivity contribution in [1.29, 1.82) is 0 Å². The van der Waals surface area contributed by atoms with Crippen molar-refractivity contribution < 1.29 is 48.1 Å². The standard InChI is InChI=1S/C14H17NO2.C5H6O5.C4H6O3/c16-14-6-12-9-17-10-13(7-14)15(12)8-11-4-2-1-3-5-11;6-3-10-2-4(7)1-5(8)9;5-1-3-7-4-2-6/h1-5,12-13H,6-10H2;3H,1-2H2,(H,8,9);1-2H,3-4H2. The van der Waals surface area contributed by atoms with Crippen LogP contribution in [0.15, 0.2) is 30.3 Å². The molecular formula is C23H29NO10. The number of Topliss-reactive ketones (excluding diaryl/α,β-unsaturated/α-hetero) is 2. The fraction of sp³-hybridized carbons (Fsp3) is 0.478. The zero-order valence-corrected chi connectivity index (χ0v) is 18.7. The van der Waals surface area contributed by atoms with E-state index in [4.69, 9.17) is 9.84 Å². The first kappa shape index (κ1) is 28.8. The molecule has 0 amide bonds. The smallest absolute Gasteiger partial charge is 0.311 e. The highest BCUT2D eigenvalue weighted by atomic mass is 16.5. The molecule has 2 aliphatic rings. The van der Waals surface area contributed by atoms with Gasteiger partial charge >= 0.3 is 5.97 Å². The van der Waals surface area contributed by atoms with Crippen molar-refractivity contribution in [3.8, 4) is 0 Å². The molecule has 34 heavy (non-hydrogen) atoms. The third-order valence-corrected chi connectivity index (χ3v) is 4.73. The van der Waals surface area contributed by atoms with Crippen molar-refractivity contribution in [1.82, 2.24) is 4.90 Å². The van der Waals surface area contributed by atoms with Crippen LogP contribution in [-0.4, -0.2) is 91.7 Å². The number of rotatable bonds is 11. The molecule has 2 unspecified atom stereocenters. The Kier molecular flexibility index (Phi) is 14.6. The molecule has 2 saturated heterocycles. The molecule has 2 atom stereocenters. The fourth-order valence-corrected chi connectivity index (χ4v) is 3.35. The van der Waals surface area contributed by atoms with Gasteiger partial charge in [-0.25, -0.2) is 0 Å². The Morgan fingerprint density at radius 2 is 1.62 bits per heavy atom. The molecule has 11 heteroatoms. The van der Waals surface area contributed by atoms with Crippen LogP contribution in [0.1, 0.15) is 24.8 Å². The normalized spacial score (nSPS) is 18.8. The highest BCUT2D eigenvalue weighted by molar-refractivity contribution is 5.95. The van der Waals surface area contributed by atoms with E-state index in [0.717, 1.165) is 6.54 Å². The van der Waals surface area contributed by atoms with Gasteiger partial charge in [-0.3, -0.25) is 24.1 Å². The summed E-state index contributed by atoms with van der Waals surface area (Å²) < 4.78 is 14.0. The zero-order chi connectivity index (χ0) is 25.2. The minimum Gasteiger partial charge on any atom is -0.481 e. The third kappa shape index (κ3) is 12.1. The van der Waals surface area contributed by atoms with Gasteiger partial charge in [0.1, 0.15) is 44.6 Å². The number of hydrogen-bond acceptors (Lipinski definition) is 10. The SMILES string of the molecule is O=C1CC2COCC(C1)N2Cc1ccccc1.O=CCOCC=O.O=COCC(=O)CC(=O)O. The summed E-state index contributed by atoms with van der Waals surface area (Å²) in [7, 11) is 0. The van der Waals surface area contributed by atoms with Crippen LogP contribution in [0.2, 0.25) is 0 Å². The van der Waals surface area contributed by atoms with Crippen LogP contribution in [0.4, 0.5) is 0 Å². The van der Waals surface area contributed by atoms with Crippen molar-refractivity contribution in [2.24, 2.45) is 0 Å². The number of nitrogens with zero attached hydrogens (tertiary/aromatic N) is 1. The van der Waals surface area contributed by atoms with E-state index < -0.39 is 24.8 Å². The molecule has 0 radical (unpaired) electrons. The van der Waals surface area contributed by atoms with Gasteiger partial charge in [0.15, 0.2) is 5.78 Å². The van der Waals surface area contributed by atoms with Crippen molar-refractivity contribution in [3.05, 3.63) is 35.9 Å². The molecule has 0 aliphatic carbocycles. The molecule has 0 spiro atoms. The number of benzene rings is 1. The minimum absolute atomic E-state index is 0.0126. The van der Waals surface area contributed by atoms with Gasteiger partial charge in [0, 0.05) is 31.5 Å². The highest BCUT2D eigenvalue weighted by Gasteiger charge is 2.37. The molecule has 1 aromatic carbocycles. The lowest BCUT2D eigenvalue weighted by Gasteiger charge is -2.45. The van der Waals surface area contributed by atoms with Crippen LogP contribution in [0, 0.1) is 0 Å². The van der Waals surface area contributed by atoms with E-state index in [1.807, 2.05) is 6.07 Å². The minimum atomic E-state index is -1.22. The second-order valence-electron chi connectivity index (χ2n) is 7.34. The first-order valence-electron chi connectivity index (χ1n) is 10.5. The molecular weight excluding hydrogens is 450 g/mol. The number of hydrogen-bond donors (Lipinski definition) is 1. The molecule has 3 rings (SSSR count). The van der Waals surface area contributed by atoms with E-state index >= 15 is 0 Å². The Morgan fingerprint density at radius 1 is 1.03 bits per heavy atom. The van der Waals surface area contributed by atoms with E-state index in [-0.39, 0.29) is 31.8 Å². The van der Waals surface area contributed by atoms with Crippen LogP contribution in [0.25, 0.3) is 0 Å². The molecule has 2 bridgehead atoms. The Hall–Kier alpha value is -3.28. The predicted molar refractivity (Wildman–Crippen MR) is 117 cm³/mol. The number of aldehydes is 2. The molecule has 2 heterocycles. The van der Waals surface area contributed by atoms with Crippen LogP contribution in [-0.2, 0) is 49.5 Å². The van der Waals surface area contributed by atoms with Crippen LogP contribution < -0.4 is 0 Å². The molecule has 0 aromatic heterocycles. The van der Waals surface area contributed by atoms with Gasteiger partial charge in [0.05, 0.1) is 13.2 Å².